The van der Waals surface area contributed by atoms with Crippen molar-refractivity contribution in [3.05, 3.63) is 35.4 Å². The number of aliphatic hydroxyl groups excluding tert-OH is 1. The second-order valence-corrected chi connectivity index (χ2v) is 5.25. The van der Waals surface area contributed by atoms with Gasteiger partial charge in [-0.05, 0) is 24.6 Å². The van der Waals surface area contributed by atoms with Gasteiger partial charge in [-0.1, -0.05) is 6.07 Å². The third kappa shape index (κ3) is 3.96. The van der Waals surface area contributed by atoms with Crippen LogP contribution < -0.4 is 5.73 Å². The predicted molar refractivity (Wildman–Crippen MR) is 71.3 cm³/mol. The zero-order chi connectivity index (χ0) is 15.6. The van der Waals surface area contributed by atoms with Gasteiger partial charge in [0.05, 0.1) is 12.2 Å². The van der Waals surface area contributed by atoms with Gasteiger partial charge in [-0.15, -0.1) is 0 Å². The smallest absolute Gasteiger partial charge is 0.247 e. The number of aliphatic hydroxyl groups is 1. The van der Waals surface area contributed by atoms with Crippen molar-refractivity contribution >= 4 is 5.91 Å². The number of hydrogen-bond donors (Lipinski definition) is 2. The molecule has 1 aromatic rings. The number of nitrogens with zero attached hydrogens (tertiary/aromatic N) is 1. The van der Waals surface area contributed by atoms with Crippen LogP contribution in [0.1, 0.15) is 18.6 Å². The zero-order valence-corrected chi connectivity index (χ0v) is 11.6. The first kappa shape index (κ1) is 15.8. The van der Waals surface area contributed by atoms with Gasteiger partial charge in [0, 0.05) is 19.6 Å². The molecule has 1 fully saturated rings. The molecule has 2 unspecified atom stereocenters. The zero-order valence-electron chi connectivity index (χ0n) is 11.6. The van der Waals surface area contributed by atoms with E-state index in [-0.39, 0.29) is 24.8 Å². The van der Waals surface area contributed by atoms with Crippen LogP contribution >= 0.6 is 0 Å². The van der Waals surface area contributed by atoms with E-state index in [4.69, 9.17) is 10.5 Å². The summed E-state index contributed by atoms with van der Waals surface area (Å²) >= 11 is 0. The number of ether oxygens (including phenoxy) is 1. The summed E-state index contributed by atoms with van der Waals surface area (Å²) in [6.45, 7) is 2.76. The molecule has 21 heavy (non-hydrogen) atoms. The normalized spacial score (nSPS) is 24.8. The number of benzene rings is 1. The number of β-amino-alcohol motifs (C(OH)–C–C–N with tert-alkyl or cyclic N) is 1. The largest absolute Gasteiger partial charge is 0.387 e. The molecule has 1 saturated heterocycles. The second-order valence-electron chi connectivity index (χ2n) is 5.25. The van der Waals surface area contributed by atoms with E-state index < -0.39 is 29.7 Å². The molecule has 1 aromatic carbocycles. The summed E-state index contributed by atoms with van der Waals surface area (Å²) in [5, 5.41) is 10.1. The van der Waals surface area contributed by atoms with Crippen LogP contribution in [0.5, 0.6) is 0 Å². The third-order valence-electron chi connectivity index (χ3n) is 3.41. The van der Waals surface area contributed by atoms with Gasteiger partial charge in [0.15, 0.2) is 11.6 Å². The molecule has 0 radical (unpaired) electrons. The summed E-state index contributed by atoms with van der Waals surface area (Å²) in [4.78, 5) is 13.0. The number of halogens is 2. The van der Waals surface area contributed by atoms with Crippen molar-refractivity contribution < 1.29 is 23.4 Å². The molecular weight excluding hydrogens is 282 g/mol. The molecule has 1 aliphatic rings. The van der Waals surface area contributed by atoms with Gasteiger partial charge in [-0.2, -0.15) is 0 Å². The first-order chi connectivity index (χ1) is 9.86. The lowest BCUT2D eigenvalue weighted by molar-refractivity contribution is -0.143. The Morgan fingerprint density at radius 3 is 2.81 bits per heavy atom. The Morgan fingerprint density at radius 2 is 2.19 bits per heavy atom. The molecule has 7 heteroatoms. The molecule has 116 valence electrons. The monoisotopic (exact) mass is 300 g/mol. The molecule has 0 aliphatic carbocycles. The van der Waals surface area contributed by atoms with Crippen molar-refractivity contribution in [2.75, 3.05) is 19.6 Å². The van der Waals surface area contributed by atoms with Crippen LogP contribution in [-0.2, 0) is 9.53 Å². The first-order valence-corrected chi connectivity index (χ1v) is 6.67. The Morgan fingerprint density at radius 1 is 1.48 bits per heavy atom. The summed E-state index contributed by atoms with van der Waals surface area (Å²) in [6.07, 6.45) is -1.92. The van der Waals surface area contributed by atoms with E-state index in [1.807, 2.05) is 4.90 Å². The minimum atomic E-state index is -1.00. The Bertz CT molecular complexity index is 527. The van der Waals surface area contributed by atoms with E-state index in [0.717, 1.165) is 12.1 Å². The average molecular weight is 300 g/mol. The number of primary amides is 1. The van der Waals surface area contributed by atoms with Crippen molar-refractivity contribution in [3.63, 3.8) is 0 Å². The summed E-state index contributed by atoms with van der Waals surface area (Å²) in [7, 11) is 0. The molecule has 1 aliphatic heterocycles. The fraction of sp³-hybridized carbons (Fsp3) is 0.500. The predicted octanol–water partition coefficient (Wildman–Crippen LogP) is 0.573. The fourth-order valence-electron chi connectivity index (χ4n) is 2.41. The minimum absolute atomic E-state index is 0.183. The molecular formula is C14H18F2N2O3. The van der Waals surface area contributed by atoms with E-state index in [1.165, 1.54) is 6.07 Å². The highest BCUT2D eigenvalue weighted by molar-refractivity contribution is 5.79. The Balaban J connectivity index is 2.02. The number of carbonyl (C=O) groups excluding carboxylic acids is 1. The lowest BCUT2D eigenvalue weighted by atomic mass is 10.1. The molecule has 0 saturated carbocycles. The maximum absolute atomic E-state index is 13.2. The topological polar surface area (TPSA) is 75.8 Å². The molecule has 0 bridgehead atoms. The number of nitrogens with two attached hydrogens (primary N) is 1. The summed E-state index contributed by atoms with van der Waals surface area (Å²) in [6, 6.07) is 3.27. The van der Waals surface area contributed by atoms with E-state index in [1.54, 1.807) is 6.92 Å². The molecule has 3 atom stereocenters. The summed E-state index contributed by atoms with van der Waals surface area (Å²) in [5.74, 6) is -2.52. The molecule has 3 N–H and O–H groups in total. The van der Waals surface area contributed by atoms with Gasteiger partial charge in [-0.3, -0.25) is 9.69 Å². The van der Waals surface area contributed by atoms with Gasteiger partial charge in [-0.25, -0.2) is 8.78 Å². The van der Waals surface area contributed by atoms with Crippen molar-refractivity contribution in [2.24, 2.45) is 5.73 Å². The number of hydrogen-bond acceptors (Lipinski definition) is 4. The molecule has 0 spiro atoms. The van der Waals surface area contributed by atoms with E-state index in [0.29, 0.717) is 6.54 Å². The van der Waals surface area contributed by atoms with Crippen LogP contribution in [0.25, 0.3) is 0 Å². The molecule has 5 nitrogen and oxygen atoms in total. The van der Waals surface area contributed by atoms with Crippen LogP contribution in [0.4, 0.5) is 8.78 Å². The first-order valence-electron chi connectivity index (χ1n) is 6.67. The quantitative estimate of drug-likeness (QED) is 0.852. The second kappa shape index (κ2) is 6.46. The van der Waals surface area contributed by atoms with Crippen LogP contribution in [-0.4, -0.2) is 47.8 Å². The van der Waals surface area contributed by atoms with Crippen LogP contribution in [0.2, 0.25) is 0 Å². The summed E-state index contributed by atoms with van der Waals surface area (Å²) in [5.41, 5.74) is 5.51. The van der Waals surface area contributed by atoms with Gasteiger partial charge >= 0.3 is 0 Å². The highest BCUT2D eigenvalue weighted by Crippen LogP contribution is 2.20. The van der Waals surface area contributed by atoms with Crippen LogP contribution in [0.3, 0.4) is 0 Å². The number of carbonyl (C=O) groups is 1. The van der Waals surface area contributed by atoms with Gasteiger partial charge in [0.25, 0.3) is 0 Å². The standard InChI is InChI=1S/C14H18F2N2O3/c1-8-5-18(7-13(21-8)14(17)20)6-12(19)9-2-3-10(15)11(16)4-9/h2-4,8,12-13,19H,5-7H2,1H3,(H2,17,20)/t8-,12?,13?/m1/s1. The van der Waals surface area contributed by atoms with Crippen molar-refractivity contribution in [1.29, 1.82) is 0 Å². The maximum Gasteiger partial charge on any atom is 0.247 e. The number of morpholine rings is 1. The highest BCUT2D eigenvalue weighted by Gasteiger charge is 2.30. The summed E-state index contributed by atoms with van der Waals surface area (Å²) < 4.78 is 31.4. The highest BCUT2D eigenvalue weighted by atomic mass is 19.2. The molecule has 2 rings (SSSR count). The number of amides is 1. The van der Waals surface area contributed by atoms with Crippen LogP contribution in [0.15, 0.2) is 18.2 Å². The maximum atomic E-state index is 13.2. The van der Waals surface area contributed by atoms with Crippen molar-refractivity contribution in [1.82, 2.24) is 4.90 Å². The molecule has 0 aromatic heterocycles. The Labute approximate surface area is 121 Å². The van der Waals surface area contributed by atoms with Gasteiger partial charge in [0.1, 0.15) is 6.10 Å². The minimum Gasteiger partial charge on any atom is -0.387 e. The lowest BCUT2D eigenvalue weighted by Crippen LogP contribution is -2.52. The molecule has 1 heterocycles. The van der Waals surface area contributed by atoms with Crippen molar-refractivity contribution in [2.45, 2.75) is 25.2 Å². The Hall–Kier alpha value is -1.57. The average Bonchev–Trinajstić information content (AvgIpc) is 2.41. The lowest BCUT2D eigenvalue weighted by Gasteiger charge is -2.36. The van der Waals surface area contributed by atoms with Gasteiger partial charge < -0.3 is 15.6 Å². The fourth-order valence-corrected chi connectivity index (χ4v) is 2.41. The number of rotatable bonds is 4. The molecule has 1 amide bonds. The SMILES string of the molecule is C[C@@H]1CN(CC(O)c2ccc(F)c(F)c2)CC(C(N)=O)O1. The third-order valence-corrected chi connectivity index (χ3v) is 3.41. The van der Waals surface area contributed by atoms with E-state index in [9.17, 15) is 18.7 Å². The van der Waals surface area contributed by atoms with E-state index in [2.05, 4.69) is 0 Å². The van der Waals surface area contributed by atoms with Crippen molar-refractivity contribution in [3.8, 4) is 0 Å². The Kier molecular flexibility index (Phi) is 4.87. The van der Waals surface area contributed by atoms with Crippen LogP contribution in [0, 0.1) is 11.6 Å². The van der Waals surface area contributed by atoms with Gasteiger partial charge in [0.2, 0.25) is 5.91 Å². The van der Waals surface area contributed by atoms with E-state index >= 15 is 0 Å².